The molecule has 3 rings (SSSR count). The van der Waals surface area contributed by atoms with E-state index in [0.29, 0.717) is 22.9 Å². The quantitative estimate of drug-likeness (QED) is 0.807. The van der Waals surface area contributed by atoms with Gasteiger partial charge < -0.3 is 13.9 Å². The van der Waals surface area contributed by atoms with E-state index < -0.39 is 0 Å². The van der Waals surface area contributed by atoms with Crippen molar-refractivity contribution in [3.05, 3.63) is 35.7 Å². The van der Waals surface area contributed by atoms with Gasteiger partial charge in [0.1, 0.15) is 6.10 Å². The second-order valence-electron chi connectivity index (χ2n) is 5.75. The normalized spacial score (nSPS) is 21.1. The van der Waals surface area contributed by atoms with Gasteiger partial charge in [-0.3, -0.25) is 0 Å². The molecule has 2 aromatic rings. The first-order chi connectivity index (χ1) is 11.2. The van der Waals surface area contributed by atoms with E-state index in [2.05, 4.69) is 10.2 Å². The molecule has 0 atom stereocenters. The first-order valence-corrected chi connectivity index (χ1v) is 7.80. The van der Waals surface area contributed by atoms with Crippen LogP contribution in [0.15, 0.2) is 28.7 Å². The fraction of sp³-hybridized carbons (Fsp3) is 0.471. The molecular formula is C17H20N2O4. The van der Waals surface area contributed by atoms with E-state index in [9.17, 15) is 4.79 Å². The maximum atomic E-state index is 12.3. The lowest BCUT2D eigenvalue weighted by molar-refractivity contribution is -0.00540. The molecule has 1 fully saturated rings. The van der Waals surface area contributed by atoms with Gasteiger partial charge in [0.25, 0.3) is 0 Å². The van der Waals surface area contributed by atoms with Crippen LogP contribution >= 0.6 is 0 Å². The van der Waals surface area contributed by atoms with Crippen molar-refractivity contribution in [2.75, 3.05) is 7.11 Å². The lowest BCUT2D eigenvalue weighted by atomic mass is 9.95. The van der Waals surface area contributed by atoms with Crippen LogP contribution in [0.25, 0.3) is 11.5 Å². The summed E-state index contributed by atoms with van der Waals surface area (Å²) in [6, 6.07) is 7.06. The van der Waals surface area contributed by atoms with Gasteiger partial charge in [-0.25, -0.2) is 4.79 Å². The first kappa shape index (κ1) is 15.7. The molecule has 0 spiro atoms. The number of rotatable bonds is 4. The monoisotopic (exact) mass is 316 g/mol. The molecule has 0 bridgehead atoms. The maximum Gasteiger partial charge on any atom is 0.338 e. The number of esters is 1. The predicted octanol–water partition coefficient (Wildman–Crippen LogP) is 3.16. The average molecular weight is 316 g/mol. The molecule has 1 aliphatic carbocycles. The molecule has 1 heterocycles. The van der Waals surface area contributed by atoms with Crippen molar-refractivity contribution in [1.29, 1.82) is 0 Å². The second-order valence-corrected chi connectivity index (χ2v) is 5.75. The molecule has 1 aromatic heterocycles. The third-order valence-corrected chi connectivity index (χ3v) is 4.10. The summed E-state index contributed by atoms with van der Waals surface area (Å²) < 4.78 is 16.3. The van der Waals surface area contributed by atoms with Crippen LogP contribution in [0.5, 0.6) is 0 Å². The van der Waals surface area contributed by atoms with E-state index in [1.807, 2.05) is 6.07 Å². The largest absolute Gasteiger partial charge is 0.459 e. The van der Waals surface area contributed by atoms with Crippen molar-refractivity contribution in [3.63, 3.8) is 0 Å². The summed E-state index contributed by atoms with van der Waals surface area (Å²) in [5.74, 6) is 0.574. The number of hydrogen-bond donors (Lipinski definition) is 0. The van der Waals surface area contributed by atoms with Crippen molar-refractivity contribution in [3.8, 4) is 11.5 Å². The molecule has 0 N–H and O–H groups in total. The highest BCUT2D eigenvalue weighted by atomic mass is 16.5. The smallest absolute Gasteiger partial charge is 0.338 e. The Hall–Kier alpha value is -2.21. The van der Waals surface area contributed by atoms with E-state index in [1.165, 1.54) is 0 Å². The van der Waals surface area contributed by atoms with Crippen LogP contribution in [0.4, 0.5) is 0 Å². The van der Waals surface area contributed by atoms with Gasteiger partial charge in [-0.05, 0) is 43.9 Å². The molecule has 1 saturated carbocycles. The van der Waals surface area contributed by atoms with Crippen LogP contribution in [0, 0.1) is 6.92 Å². The third-order valence-electron chi connectivity index (χ3n) is 4.10. The molecule has 0 aliphatic heterocycles. The standard InChI is InChI=1S/C17H20N2O4/c1-11-18-19-16(22-11)12-4-3-5-13(10-12)17(20)23-15-8-6-14(21-2)7-9-15/h3-5,10,14-15H,6-9H2,1-2H3. The number of methoxy groups -OCH3 is 1. The summed E-state index contributed by atoms with van der Waals surface area (Å²) in [6.45, 7) is 1.73. The lowest BCUT2D eigenvalue weighted by Gasteiger charge is -2.27. The van der Waals surface area contributed by atoms with Crippen molar-refractivity contribution in [2.45, 2.75) is 44.8 Å². The molecule has 6 nitrogen and oxygen atoms in total. The Morgan fingerprint density at radius 3 is 2.57 bits per heavy atom. The molecule has 0 amide bonds. The summed E-state index contributed by atoms with van der Waals surface area (Å²) in [7, 11) is 1.72. The van der Waals surface area contributed by atoms with Crippen molar-refractivity contribution >= 4 is 5.97 Å². The molecule has 0 radical (unpaired) electrons. The van der Waals surface area contributed by atoms with Crippen LogP contribution in [0.3, 0.4) is 0 Å². The maximum absolute atomic E-state index is 12.3. The average Bonchev–Trinajstić information content (AvgIpc) is 3.02. The molecule has 0 saturated heterocycles. The lowest BCUT2D eigenvalue weighted by Crippen LogP contribution is -2.27. The molecular weight excluding hydrogens is 296 g/mol. The van der Waals surface area contributed by atoms with Gasteiger partial charge in [0.2, 0.25) is 11.8 Å². The summed E-state index contributed by atoms with van der Waals surface area (Å²) in [4.78, 5) is 12.3. The Bertz CT molecular complexity index is 675. The third kappa shape index (κ3) is 3.76. The van der Waals surface area contributed by atoms with Gasteiger partial charge in [0.15, 0.2) is 0 Å². The first-order valence-electron chi connectivity index (χ1n) is 7.80. The Morgan fingerprint density at radius 1 is 1.17 bits per heavy atom. The van der Waals surface area contributed by atoms with Gasteiger partial charge in [-0.2, -0.15) is 0 Å². The number of ether oxygens (including phenoxy) is 2. The SMILES string of the molecule is COC1CCC(OC(=O)c2cccc(-c3nnc(C)o3)c2)CC1. The van der Waals surface area contributed by atoms with Crippen LogP contribution in [0.2, 0.25) is 0 Å². The van der Waals surface area contributed by atoms with Gasteiger partial charge in [-0.15, -0.1) is 10.2 Å². The zero-order chi connectivity index (χ0) is 16.2. The van der Waals surface area contributed by atoms with Gasteiger partial charge in [0.05, 0.1) is 11.7 Å². The van der Waals surface area contributed by atoms with Crippen LogP contribution in [-0.4, -0.2) is 35.5 Å². The zero-order valence-electron chi connectivity index (χ0n) is 13.3. The number of carbonyl (C=O) groups is 1. The van der Waals surface area contributed by atoms with E-state index in [-0.39, 0.29) is 18.2 Å². The highest BCUT2D eigenvalue weighted by Crippen LogP contribution is 2.25. The molecule has 23 heavy (non-hydrogen) atoms. The van der Waals surface area contributed by atoms with Gasteiger partial charge >= 0.3 is 5.97 Å². The van der Waals surface area contributed by atoms with E-state index in [4.69, 9.17) is 13.9 Å². The Balaban J connectivity index is 1.66. The number of benzene rings is 1. The van der Waals surface area contributed by atoms with Gasteiger partial charge in [0, 0.05) is 19.6 Å². The topological polar surface area (TPSA) is 74.5 Å². The number of nitrogens with zero attached hydrogens (tertiary/aromatic N) is 2. The fourth-order valence-electron chi connectivity index (χ4n) is 2.80. The number of aryl methyl sites for hydroxylation is 1. The van der Waals surface area contributed by atoms with E-state index >= 15 is 0 Å². The van der Waals surface area contributed by atoms with Crippen LogP contribution in [-0.2, 0) is 9.47 Å². The minimum absolute atomic E-state index is 0.0387. The zero-order valence-corrected chi connectivity index (χ0v) is 13.3. The summed E-state index contributed by atoms with van der Waals surface area (Å²) in [6.07, 6.45) is 3.78. The van der Waals surface area contributed by atoms with Crippen LogP contribution in [0.1, 0.15) is 41.9 Å². The molecule has 1 aromatic carbocycles. The molecule has 1 aliphatic rings. The summed E-state index contributed by atoms with van der Waals surface area (Å²) >= 11 is 0. The molecule has 0 unspecified atom stereocenters. The Kier molecular flexibility index (Phi) is 4.71. The minimum atomic E-state index is -0.316. The number of carbonyl (C=O) groups excluding carboxylic acids is 1. The number of aromatic nitrogens is 2. The summed E-state index contributed by atoms with van der Waals surface area (Å²) in [5.41, 5.74) is 1.20. The molecule has 6 heteroatoms. The Morgan fingerprint density at radius 2 is 1.91 bits per heavy atom. The highest BCUT2D eigenvalue weighted by molar-refractivity contribution is 5.90. The summed E-state index contributed by atoms with van der Waals surface area (Å²) in [5, 5.41) is 7.77. The predicted molar refractivity (Wildman–Crippen MR) is 82.9 cm³/mol. The number of hydrogen-bond acceptors (Lipinski definition) is 6. The van der Waals surface area contributed by atoms with E-state index in [1.54, 1.807) is 32.2 Å². The van der Waals surface area contributed by atoms with Crippen molar-refractivity contribution in [2.24, 2.45) is 0 Å². The highest BCUT2D eigenvalue weighted by Gasteiger charge is 2.24. The van der Waals surface area contributed by atoms with Gasteiger partial charge in [-0.1, -0.05) is 6.07 Å². The Labute approximate surface area is 134 Å². The van der Waals surface area contributed by atoms with Crippen molar-refractivity contribution < 1.29 is 18.7 Å². The van der Waals surface area contributed by atoms with Crippen LogP contribution < -0.4 is 0 Å². The van der Waals surface area contributed by atoms with E-state index in [0.717, 1.165) is 25.7 Å². The second kappa shape index (κ2) is 6.91. The minimum Gasteiger partial charge on any atom is -0.459 e. The fourth-order valence-corrected chi connectivity index (χ4v) is 2.80. The van der Waals surface area contributed by atoms with Crippen molar-refractivity contribution in [1.82, 2.24) is 10.2 Å². The molecule has 122 valence electrons.